The molecule has 0 fully saturated rings. The van der Waals surface area contributed by atoms with Crippen molar-refractivity contribution in [3.63, 3.8) is 0 Å². The van der Waals surface area contributed by atoms with E-state index in [2.05, 4.69) is 28.7 Å². The number of ether oxygens (including phenoxy) is 1. The molecule has 0 radical (unpaired) electrons. The molecule has 0 aromatic carbocycles. The largest absolute Gasteiger partial charge is 0.360 e. The first kappa shape index (κ1) is 9.18. The first-order valence-electron chi connectivity index (χ1n) is 2.73. The molecule has 52 valence electrons. The second kappa shape index (κ2) is 4.07. The predicted octanol–water partition coefficient (Wildman–Crippen LogP) is 1.74. The van der Waals surface area contributed by atoms with Gasteiger partial charge in [0, 0.05) is 4.43 Å². The van der Waals surface area contributed by atoms with E-state index >= 15 is 0 Å². The fourth-order valence-corrected chi connectivity index (χ4v) is 0.546. The Balaban J connectivity index is 3.49. The highest BCUT2D eigenvalue weighted by molar-refractivity contribution is 14.1. The fourth-order valence-electron chi connectivity index (χ4n) is 0.326. The van der Waals surface area contributed by atoms with Crippen LogP contribution in [0, 0.1) is 11.3 Å². The molecule has 0 bridgehead atoms. The van der Waals surface area contributed by atoms with Crippen LogP contribution >= 0.6 is 22.6 Å². The summed E-state index contributed by atoms with van der Waals surface area (Å²) in [7, 11) is 0. The third kappa shape index (κ3) is 4.67. The van der Waals surface area contributed by atoms with Crippen molar-refractivity contribution in [2.24, 2.45) is 0 Å². The van der Waals surface area contributed by atoms with Gasteiger partial charge < -0.3 is 4.74 Å². The van der Waals surface area contributed by atoms with Crippen LogP contribution in [0.15, 0.2) is 0 Å². The topological polar surface area (TPSA) is 33.0 Å². The molecule has 0 saturated carbocycles. The summed E-state index contributed by atoms with van der Waals surface area (Å²) in [6.07, 6.45) is 0. The van der Waals surface area contributed by atoms with Crippen molar-refractivity contribution in [2.45, 2.75) is 19.4 Å². The van der Waals surface area contributed by atoms with Crippen LogP contribution in [0.1, 0.15) is 13.8 Å². The maximum atomic E-state index is 8.44. The first-order valence-corrected chi connectivity index (χ1v) is 4.26. The van der Waals surface area contributed by atoms with Gasteiger partial charge in [0.1, 0.15) is 5.60 Å². The van der Waals surface area contributed by atoms with Crippen molar-refractivity contribution >= 4 is 22.6 Å². The fraction of sp³-hybridized carbons (Fsp3) is 0.833. The van der Waals surface area contributed by atoms with Crippen molar-refractivity contribution in [1.29, 1.82) is 5.26 Å². The zero-order chi connectivity index (χ0) is 7.33. The van der Waals surface area contributed by atoms with Crippen LogP contribution in [0.2, 0.25) is 0 Å². The minimum atomic E-state index is -0.606. The Labute approximate surface area is 69.3 Å². The van der Waals surface area contributed by atoms with E-state index in [9.17, 15) is 0 Å². The van der Waals surface area contributed by atoms with E-state index in [0.717, 1.165) is 4.43 Å². The molecule has 3 heteroatoms. The van der Waals surface area contributed by atoms with Gasteiger partial charge in [0.25, 0.3) is 0 Å². The van der Waals surface area contributed by atoms with E-state index in [1.54, 1.807) is 13.8 Å². The molecule has 0 heterocycles. The van der Waals surface area contributed by atoms with Gasteiger partial charge in [-0.05, 0) is 13.8 Å². The second-order valence-electron chi connectivity index (χ2n) is 2.16. The minimum absolute atomic E-state index is 0.606. The number of halogens is 1. The maximum absolute atomic E-state index is 8.44. The maximum Gasteiger partial charge on any atom is 0.148 e. The first-order chi connectivity index (χ1) is 4.12. The van der Waals surface area contributed by atoms with E-state index < -0.39 is 5.60 Å². The van der Waals surface area contributed by atoms with Crippen molar-refractivity contribution in [3.8, 4) is 6.07 Å². The number of nitrogens with zero attached hydrogens (tertiary/aromatic N) is 1. The summed E-state index contributed by atoms with van der Waals surface area (Å²) >= 11 is 2.21. The summed E-state index contributed by atoms with van der Waals surface area (Å²) in [5, 5.41) is 8.44. The SMILES string of the molecule is CC(C)(C#N)OCCI. The van der Waals surface area contributed by atoms with E-state index in [1.807, 2.05) is 0 Å². The molecule has 0 spiro atoms. The molecule has 0 atom stereocenters. The molecule has 0 saturated heterocycles. The minimum Gasteiger partial charge on any atom is -0.360 e. The van der Waals surface area contributed by atoms with Crippen molar-refractivity contribution in [1.82, 2.24) is 0 Å². The lowest BCUT2D eigenvalue weighted by molar-refractivity contribution is 0.0374. The summed E-state index contributed by atoms with van der Waals surface area (Å²) in [4.78, 5) is 0. The van der Waals surface area contributed by atoms with Gasteiger partial charge >= 0.3 is 0 Å². The molecule has 0 aromatic rings. The summed E-state index contributed by atoms with van der Waals surface area (Å²) in [5.41, 5.74) is -0.606. The monoisotopic (exact) mass is 239 g/mol. The molecule has 0 unspecified atom stereocenters. The molecule has 0 aliphatic rings. The molecule has 0 aromatic heterocycles. The summed E-state index contributed by atoms with van der Waals surface area (Å²) in [5.74, 6) is 0. The van der Waals surface area contributed by atoms with Gasteiger partial charge in [-0.1, -0.05) is 22.6 Å². The third-order valence-electron chi connectivity index (χ3n) is 0.809. The highest BCUT2D eigenvalue weighted by Crippen LogP contribution is 2.06. The van der Waals surface area contributed by atoms with E-state index in [1.165, 1.54) is 0 Å². The van der Waals surface area contributed by atoms with Crippen LogP contribution in [-0.2, 0) is 4.74 Å². The highest BCUT2D eigenvalue weighted by Gasteiger charge is 2.15. The van der Waals surface area contributed by atoms with Crippen LogP contribution in [0.4, 0.5) is 0 Å². The van der Waals surface area contributed by atoms with Crippen LogP contribution in [0.3, 0.4) is 0 Å². The lowest BCUT2D eigenvalue weighted by atomic mass is 10.2. The van der Waals surface area contributed by atoms with Gasteiger partial charge in [0.2, 0.25) is 0 Å². The third-order valence-corrected chi connectivity index (χ3v) is 1.25. The Kier molecular flexibility index (Phi) is 4.15. The Morgan fingerprint density at radius 1 is 1.67 bits per heavy atom. The smallest absolute Gasteiger partial charge is 0.148 e. The van der Waals surface area contributed by atoms with Gasteiger partial charge in [-0.15, -0.1) is 0 Å². The summed E-state index contributed by atoms with van der Waals surface area (Å²) in [6, 6.07) is 2.05. The molecular weight excluding hydrogens is 229 g/mol. The Morgan fingerprint density at radius 2 is 2.22 bits per heavy atom. The lowest BCUT2D eigenvalue weighted by Gasteiger charge is -2.14. The number of nitriles is 1. The van der Waals surface area contributed by atoms with Crippen molar-refractivity contribution < 1.29 is 4.74 Å². The van der Waals surface area contributed by atoms with E-state index in [-0.39, 0.29) is 0 Å². The predicted molar refractivity (Wildman–Crippen MR) is 44.5 cm³/mol. The van der Waals surface area contributed by atoms with E-state index in [0.29, 0.717) is 6.61 Å². The molecule has 9 heavy (non-hydrogen) atoms. The van der Waals surface area contributed by atoms with Gasteiger partial charge in [0.05, 0.1) is 12.7 Å². The lowest BCUT2D eigenvalue weighted by Crippen LogP contribution is -2.22. The average molecular weight is 239 g/mol. The Bertz CT molecular complexity index is 117. The summed E-state index contributed by atoms with van der Waals surface area (Å²) < 4.78 is 6.09. The Morgan fingerprint density at radius 3 is 2.56 bits per heavy atom. The second-order valence-corrected chi connectivity index (χ2v) is 3.24. The molecule has 0 aliphatic carbocycles. The van der Waals surface area contributed by atoms with E-state index in [4.69, 9.17) is 10.00 Å². The van der Waals surface area contributed by atoms with Crippen LogP contribution in [-0.4, -0.2) is 16.6 Å². The molecular formula is C6H10INO. The van der Waals surface area contributed by atoms with Gasteiger partial charge in [-0.25, -0.2) is 0 Å². The number of rotatable bonds is 3. The van der Waals surface area contributed by atoms with Crippen LogP contribution < -0.4 is 0 Å². The molecule has 0 amide bonds. The highest BCUT2D eigenvalue weighted by atomic mass is 127. The van der Waals surface area contributed by atoms with Crippen LogP contribution in [0.25, 0.3) is 0 Å². The van der Waals surface area contributed by atoms with Gasteiger partial charge in [-0.2, -0.15) is 5.26 Å². The standard InChI is InChI=1S/C6H10INO/c1-6(2,5-8)9-4-3-7/h3-4H2,1-2H3. The van der Waals surface area contributed by atoms with Crippen molar-refractivity contribution in [2.75, 3.05) is 11.0 Å². The molecule has 0 N–H and O–H groups in total. The molecule has 2 nitrogen and oxygen atoms in total. The average Bonchev–Trinajstić information content (AvgIpc) is 1.84. The number of alkyl halides is 1. The Hall–Kier alpha value is 0.180. The zero-order valence-electron chi connectivity index (χ0n) is 5.65. The normalized spacial score (nSPS) is 10.9. The van der Waals surface area contributed by atoms with Gasteiger partial charge in [0.15, 0.2) is 0 Å². The van der Waals surface area contributed by atoms with Crippen molar-refractivity contribution in [3.05, 3.63) is 0 Å². The zero-order valence-corrected chi connectivity index (χ0v) is 7.81. The summed E-state index contributed by atoms with van der Waals surface area (Å²) in [6.45, 7) is 4.18. The molecule has 0 aliphatic heterocycles. The number of hydrogen-bond acceptors (Lipinski definition) is 2. The number of hydrogen-bond donors (Lipinski definition) is 0. The van der Waals surface area contributed by atoms with Gasteiger partial charge in [-0.3, -0.25) is 0 Å². The quantitative estimate of drug-likeness (QED) is 0.555. The van der Waals surface area contributed by atoms with Crippen LogP contribution in [0.5, 0.6) is 0 Å². The molecule has 0 rings (SSSR count).